The minimum absolute atomic E-state index is 0.245. The number of benzene rings is 2. The van der Waals surface area contributed by atoms with Crippen LogP contribution < -0.4 is 5.32 Å². The first kappa shape index (κ1) is 15.5. The molecule has 2 aromatic rings. The monoisotopic (exact) mass is 313 g/mol. The highest BCUT2D eigenvalue weighted by Gasteiger charge is 2.28. The first-order valence-electron chi connectivity index (χ1n) is 7.76. The van der Waals surface area contributed by atoms with E-state index in [0.717, 1.165) is 22.8 Å². The van der Waals surface area contributed by atoms with Gasteiger partial charge >= 0.3 is 5.97 Å². The molecule has 3 rings (SSSR count). The summed E-state index contributed by atoms with van der Waals surface area (Å²) in [6.07, 6.45) is 1.20. The van der Waals surface area contributed by atoms with E-state index in [1.54, 1.807) is 0 Å². The summed E-state index contributed by atoms with van der Waals surface area (Å²) in [4.78, 5) is 23.6. The molecule has 0 bridgehead atoms. The number of aliphatic carboxylic acids is 1. The second-order valence-electron chi connectivity index (χ2n) is 5.74. The Kier molecular flexibility index (Phi) is 4.57. The number of hydrogen-bond acceptors (Lipinski definition) is 3. The Morgan fingerprint density at radius 2 is 2.00 bits per heavy atom. The summed E-state index contributed by atoms with van der Waals surface area (Å²) in [5.74, 6) is -1.38. The molecule has 0 saturated carbocycles. The van der Waals surface area contributed by atoms with Crippen molar-refractivity contribution in [2.24, 2.45) is 0 Å². The number of amides is 1. The van der Waals surface area contributed by atoms with Gasteiger partial charge in [-0.3, -0.25) is 4.79 Å². The van der Waals surface area contributed by atoms with Crippen molar-refractivity contribution in [3.05, 3.63) is 48.0 Å². The van der Waals surface area contributed by atoms with Crippen LogP contribution in [0.2, 0.25) is 0 Å². The molecule has 1 saturated heterocycles. The lowest BCUT2D eigenvalue weighted by Gasteiger charge is -2.18. The molecule has 2 N–H and O–H groups in total. The predicted molar refractivity (Wildman–Crippen MR) is 86.2 cm³/mol. The second-order valence-corrected chi connectivity index (χ2v) is 5.74. The number of carbonyl (C=O) groups is 2. The lowest BCUT2D eigenvalue weighted by Crippen LogP contribution is -2.46. The van der Waals surface area contributed by atoms with Gasteiger partial charge in [-0.1, -0.05) is 42.5 Å². The number of ether oxygens (including phenoxy) is 1. The smallest absolute Gasteiger partial charge is 0.326 e. The Morgan fingerprint density at radius 1 is 1.22 bits per heavy atom. The van der Waals surface area contributed by atoms with Gasteiger partial charge in [0.25, 0.3) is 0 Å². The SMILES string of the molecule is O=C(O)[C@H](Cc1cccc2ccccc12)NC(=O)[C@H]1CCCO1. The predicted octanol–water partition coefficient (Wildman–Crippen LogP) is 2.13. The van der Waals surface area contributed by atoms with Crippen LogP contribution in [-0.2, 0) is 20.7 Å². The minimum Gasteiger partial charge on any atom is -0.480 e. The lowest BCUT2D eigenvalue weighted by atomic mass is 9.98. The average molecular weight is 313 g/mol. The second kappa shape index (κ2) is 6.79. The number of fused-ring (bicyclic) bond motifs is 1. The third-order valence-corrected chi connectivity index (χ3v) is 4.14. The zero-order valence-electron chi connectivity index (χ0n) is 12.7. The highest BCUT2D eigenvalue weighted by atomic mass is 16.5. The highest BCUT2D eigenvalue weighted by molar-refractivity contribution is 5.89. The molecule has 0 aliphatic carbocycles. The summed E-state index contributed by atoms with van der Waals surface area (Å²) < 4.78 is 5.31. The van der Waals surface area contributed by atoms with Gasteiger partial charge in [-0.2, -0.15) is 0 Å². The summed E-state index contributed by atoms with van der Waals surface area (Å²) >= 11 is 0. The molecule has 5 heteroatoms. The molecular formula is C18H19NO4. The summed E-state index contributed by atoms with van der Waals surface area (Å²) in [7, 11) is 0. The minimum atomic E-state index is -1.04. The Labute approximate surface area is 134 Å². The van der Waals surface area contributed by atoms with E-state index in [-0.39, 0.29) is 12.3 Å². The largest absolute Gasteiger partial charge is 0.480 e. The van der Waals surface area contributed by atoms with Gasteiger partial charge in [0.2, 0.25) is 5.91 Å². The normalized spacial score (nSPS) is 18.7. The van der Waals surface area contributed by atoms with Gasteiger partial charge in [-0.25, -0.2) is 4.79 Å². The quantitative estimate of drug-likeness (QED) is 0.886. The van der Waals surface area contributed by atoms with Crippen LogP contribution in [0.4, 0.5) is 0 Å². The van der Waals surface area contributed by atoms with E-state index < -0.39 is 18.1 Å². The third-order valence-electron chi connectivity index (χ3n) is 4.14. The molecule has 0 unspecified atom stereocenters. The van der Waals surface area contributed by atoms with Crippen molar-refractivity contribution >= 4 is 22.6 Å². The van der Waals surface area contributed by atoms with E-state index in [1.807, 2.05) is 42.5 Å². The lowest BCUT2D eigenvalue weighted by molar-refractivity contribution is -0.143. The molecular weight excluding hydrogens is 294 g/mol. The van der Waals surface area contributed by atoms with Gasteiger partial charge in [0, 0.05) is 13.0 Å². The van der Waals surface area contributed by atoms with Crippen molar-refractivity contribution in [1.82, 2.24) is 5.32 Å². The van der Waals surface area contributed by atoms with E-state index in [2.05, 4.69) is 5.32 Å². The van der Waals surface area contributed by atoms with Gasteiger partial charge in [0.15, 0.2) is 0 Å². The van der Waals surface area contributed by atoms with E-state index >= 15 is 0 Å². The summed E-state index contributed by atoms with van der Waals surface area (Å²) in [5.41, 5.74) is 0.906. The maximum atomic E-state index is 12.1. The van der Waals surface area contributed by atoms with Crippen molar-refractivity contribution in [2.75, 3.05) is 6.61 Å². The summed E-state index contributed by atoms with van der Waals surface area (Å²) in [5, 5.41) is 14.1. The number of rotatable bonds is 5. The van der Waals surface area contributed by atoms with Crippen LogP contribution in [-0.4, -0.2) is 35.7 Å². The molecule has 23 heavy (non-hydrogen) atoms. The van der Waals surface area contributed by atoms with Gasteiger partial charge in [0.05, 0.1) is 0 Å². The fourth-order valence-electron chi connectivity index (χ4n) is 2.94. The van der Waals surface area contributed by atoms with Crippen molar-refractivity contribution in [3.63, 3.8) is 0 Å². The molecule has 1 amide bonds. The van der Waals surface area contributed by atoms with E-state index in [9.17, 15) is 14.7 Å². The third kappa shape index (κ3) is 3.51. The van der Waals surface area contributed by atoms with Crippen LogP contribution in [0.3, 0.4) is 0 Å². The molecule has 0 radical (unpaired) electrons. The molecule has 1 aliphatic rings. The molecule has 5 nitrogen and oxygen atoms in total. The van der Waals surface area contributed by atoms with Gasteiger partial charge in [-0.15, -0.1) is 0 Å². The number of nitrogens with one attached hydrogen (secondary N) is 1. The fraction of sp³-hybridized carbons (Fsp3) is 0.333. The average Bonchev–Trinajstić information content (AvgIpc) is 3.09. The van der Waals surface area contributed by atoms with E-state index in [1.165, 1.54) is 0 Å². The fourth-order valence-corrected chi connectivity index (χ4v) is 2.94. The molecule has 1 heterocycles. The van der Waals surface area contributed by atoms with E-state index in [4.69, 9.17) is 4.74 Å². The van der Waals surface area contributed by atoms with Crippen molar-refractivity contribution < 1.29 is 19.4 Å². The van der Waals surface area contributed by atoms with Gasteiger partial charge in [0.1, 0.15) is 12.1 Å². The molecule has 2 aromatic carbocycles. The Hall–Kier alpha value is -2.40. The Balaban J connectivity index is 1.78. The van der Waals surface area contributed by atoms with Crippen LogP contribution in [0.15, 0.2) is 42.5 Å². The van der Waals surface area contributed by atoms with Crippen LogP contribution in [0.25, 0.3) is 10.8 Å². The zero-order chi connectivity index (χ0) is 16.2. The maximum Gasteiger partial charge on any atom is 0.326 e. The van der Waals surface area contributed by atoms with Gasteiger partial charge in [-0.05, 0) is 29.2 Å². The summed E-state index contributed by atoms with van der Waals surface area (Å²) in [6.45, 7) is 0.555. The first-order chi connectivity index (χ1) is 11.1. The van der Waals surface area contributed by atoms with Crippen LogP contribution in [0, 0.1) is 0 Å². The standard InChI is InChI=1S/C18H19NO4/c20-17(16-9-4-10-23-16)19-15(18(21)22)11-13-7-3-6-12-5-1-2-8-14(12)13/h1-3,5-8,15-16H,4,9-11H2,(H,19,20)(H,21,22)/t15-,16+/m0/s1. The molecule has 1 fully saturated rings. The first-order valence-corrected chi connectivity index (χ1v) is 7.76. The highest BCUT2D eigenvalue weighted by Crippen LogP contribution is 2.20. The van der Waals surface area contributed by atoms with Crippen molar-refractivity contribution in [2.45, 2.75) is 31.4 Å². The maximum absolute atomic E-state index is 12.1. The number of carbonyl (C=O) groups excluding carboxylic acids is 1. The van der Waals surface area contributed by atoms with Crippen LogP contribution in [0.5, 0.6) is 0 Å². The molecule has 1 aliphatic heterocycles. The number of hydrogen-bond donors (Lipinski definition) is 2. The molecule has 0 spiro atoms. The number of carboxylic acid groups (broad SMARTS) is 1. The van der Waals surface area contributed by atoms with Crippen molar-refractivity contribution in [1.29, 1.82) is 0 Å². The zero-order valence-corrected chi connectivity index (χ0v) is 12.7. The number of carboxylic acids is 1. The van der Waals surface area contributed by atoms with Crippen LogP contribution >= 0.6 is 0 Å². The molecule has 120 valence electrons. The van der Waals surface area contributed by atoms with Gasteiger partial charge < -0.3 is 15.2 Å². The summed E-state index contributed by atoms with van der Waals surface area (Å²) in [6, 6.07) is 12.6. The van der Waals surface area contributed by atoms with E-state index in [0.29, 0.717) is 13.0 Å². The molecule has 2 atom stereocenters. The Bertz CT molecular complexity index is 717. The topological polar surface area (TPSA) is 75.6 Å². The van der Waals surface area contributed by atoms with Crippen LogP contribution in [0.1, 0.15) is 18.4 Å². The molecule has 0 aromatic heterocycles. The van der Waals surface area contributed by atoms with Crippen molar-refractivity contribution in [3.8, 4) is 0 Å². The Morgan fingerprint density at radius 3 is 2.74 bits per heavy atom.